The molecular formula is C20H13Cl3N2O3. The molecule has 0 aliphatic heterocycles. The lowest BCUT2D eigenvalue weighted by molar-refractivity contribution is -0.125. The Balaban J connectivity index is 1.88. The standard InChI is InChI=1S/C20H13Cl3N2O3/c21-13-9-14(22)11-15(10-13)25-19(26)17(12-5-2-1-3-6-12)28-20(27)16-7-4-8-24-18(16)23/h1-11,17H,(H,25,26). The number of amides is 1. The highest BCUT2D eigenvalue weighted by Crippen LogP contribution is 2.26. The smallest absolute Gasteiger partial charge is 0.342 e. The first-order chi connectivity index (χ1) is 13.4. The molecule has 1 unspecified atom stereocenters. The maximum Gasteiger partial charge on any atom is 0.342 e. The summed E-state index contributed by atoms with van der Waals surface area (Å²) in [5.74, 6) is -1.34. The van der Waals surface area contributed by atoms with Crippen LogP contribution in [0.4, 0.5) is 5.69 Å². The van der Waals surface area contributed by atoms with E-state index in [1.165, 1.54) is 30.5 Å². The van der Waals surface area contributed by atoms with Crippen LogP contribution in [0.25, 0.3) is 0 Å². The molecule has 1 N–H and O–H groups in total. The number of pyridine rings is 1. The zero-order chi connectivity index (χ0) is 20.1. The van der Waals surface area contributed by atoms with Crippen molar-refractivity contribution in [2.24, 2.45) is 0 Å². The van der Waals surface area contributed by atoms with Gasteiger partial charge in [-0.3, -0.25) is 4.79 Å². The van der Waals surface area contributed by atoms with Gasteiger partial charge in [0.25, 0.3) is 5.91 Å². The lowest BCUT2D eigenvalue weighted by Gasteiger charge is -2.18. The molecule has 28 heavy (non-hydrogen) atoms. The number of hydrogen-bond acceptors (Lipinski definition) is 4. The van der Waals surface area contributed by atoms with Crippen molar-refractivity contribution in [2.75, 3.05) is 5.32 Å². The second-order valence-electron chi connectivity index (χ2n) is 5.69. The van der Waals surface area contributed by atoms with E-state index in [0.717, 1.165) is 0 Å². The third-order valence-corrected chi connectivity index (χ3v) is 4.41. The van der Waals surface area contributed by atoms with Crippen molar-refractivity contribution in [2.45, 2.75) is 6.10 Å². The van der Waals surface area contributed by atoms with Gasteiger partial charge in [0.1, 0.15) is 5.15 Å². The number of anilines is 1. The van der Waals surface area contributed by atoms with Crippen molar-refractivity contribution < 1.29 is 14.3 Å². The van der Waals surface area contributed by atoms with Gasteiger partial charge in [0.15, 0.2) is 0 Å². The number of halogens is 3. The van der Waals surface area contributed by atoms with Gasteiger partial charge in [0.2, 0.25) is 6.10 Å². The molecule has 0 saturated heterocycles. The van der Waals surface area contributed by atoms with Crippen LogP contribution in [0.5, 0.6) is 0 Å². The predicted octanol–water partition coefficient (Wildman–Crippen LogP) is 5.58. The van der Waals surface area contributed by atoms with Crippen molar-refractivity contribution in [3.05, 3.63) is 93.2 Å². The van der Waals surface area contributed by atoms with Crippen LogP contribution in [-0.2, 0) is 9.53 Å². The quantitative estimate of drug-likeness (QED) is 0.420. The average Bonchev–Trinajstić information content (AvgIpc) is 2.66. The predicted molar refractivity (Wildman–Crippen MR) is 109 cm³/mol. The second-order valence-corrected chi connectivity index (χ2v) is 6.92. The van der Waals surface area contributed by atoms with Crippen LogP contribution < -0.4 is 5.32 Å². The minimum atomic E-state index is -1.22. The van der Waals surface area contributed by atoms with E-state index in [1.54, 1.807) is 36.4 Å². The molecule has 1 atom stereocenters. The number of nitrogens with zero attached hydrogens (tertiary/aromatic N) is 1. The number of carbonyl (C=O) groups is 2. The summed E-state index contributed by atoms with van der Waals surface area (Å²) in [6.07, 6.45) is 0.228. The molecule has 0 aliphatic rings. The Morgan fingerprint density at radius 2 is 1.61 bits per heavy atom. The van der Waals surface area contributed by atoms with Crippen molar-refractivity contribution >= 4 is 52.4 Å². The molecule has 3 rings (SSSR count). The van der Waals surface area contributed by atoms with Gasteiger partial charge >= 0.3 is 5.97 Å². The highest BCUT2D eigenvalue weighted by molar-refractivity contribution is 6.35. The van der Waals surface area contributed by atoms with Crippen LogP contribution in [0.3, 0.4) is 0 Å². The van der Waals surface area contributed by atoms with Crippen LogP contribution in [0, 0.1) is 0 Å². The molecule has 2 aromatic carbocycles. The number of aromatic nitrogens is 1. The molecule has 0 fully saturated rings. The second kappa shape index (κ2) is 9.06. The van der Waals surface area contributed by atoms with Gasteiger partial charge < -0.3 is 10.1 Å². The summed E-state index contributed by atoms with van der Waals surface area (Å²) in [6, 6.07) is 16.2. The summed E-state index contributed by atoms with van der Waals surface area (Å²) in [5.41, 5.74) is 0.920. The topological polar surface area (TPSA) is 68.3 Å². The minimum absolute atomic E-state index is 0.0126. The number of benzene rings is 2. The van der Waals surface area contributed by atoms with Crippen molar-refractivity contribution in [3.8, 4) is 0 Å². The summed E-state index contributed by atoms with van der Waals surface area (Å²) >= 11 is 17.9. The molecule has 3 aromatic rings. The van der Waals surface area contributed by atoms with Crippen molar-refractivity contribution in [1.82, 2.24) is 4.98 Å². The Morgan fingerprint density at radius 3 is 2.25 bits per heavy atom. The number of esters is 1. The molecule has 0 bridgehead atoms. The summed E-state index contributed by atoms with van der Waals surface area (Å²) in [7, 11) is 0. The van der Waals surface area contributed by atoms with E-state index in [9.17, 15) is 9.59 Å². The van der Waals surface area contributed by atoms with Gasteiger partial charge in [-0.1, -0.05) is 65.1 Å². The van der Waals surface area contributed by atoms with Crippen LogP contribution in [0.2, 0.25) is 15.2 Å². The molecule has 0 radical (unpaired) electrons. The molecule has 5 nitrogen and oxygen atoms in total. The van der Waals surface area contributed by atoms with Crippen molar-refractivity contribution in [3.63, 3.8) is 0 Å². The van der Waals surface area contributed by atoms with E-state index in [0.29, 0.717) is 21.3 Å². The third-order valence-electron chi connectivity index (χ3n) is 3.67. The molecule has 0 spiro atoms. The highest BCUT2D eigenvalue weighted by Gasteiger charge is 2.27. The van der Waals surface area contributed by atoms with E-state index in [1.807, 2.05) is 0 Å². The maximum absolute atomic E-state index is 12.9. The number of hydrogen-bond donors (Lipinski definition) is 1. The highest BCUT2D eigenvalue weighted by atomic mass is 35.5. The molecule has 142 valence electrons. The molecule has 0 saturated carbocycles. The SMILES string of the molecule is O=C(OC(C(=O)Nc1cc(Cl)cc(Cl)c1)c1ccccc1)c1cccnc1Cl. The Morgan fingerprint density at radius 1 is 0.929 bits per heavy atom. The van der Waals surface area contributed by atoms with E-state index < -0.39 is 18.0 Å². The number of rotatable bonds is 5. The summed E-state index contributed by atoms with van der Waals surface area (Å²) in [4.78, 5) is 29.3. The van der Waals surface area contributed by atoms with Gasteiger partial charge in [-0.05, 0) is 30.3 Å². The van der Waals surface area contributed by atoms with Gasteiger partial charge in [-0.25, -0.2) is 9.78 Å². The van der Waals surface area contributed by atoms with E-state index in [4.69, 9.17) is 39.5 Å². The third kappa shape index (κ3) is 5.01. The summed E-state index contributed by atoms with van der Waals surface area (Å²) < 4.78 is 5.46. The first-order valence-electron chi connectivity index (χ1n) is 8.07. The zero-order valence-corrected chi connectivity index (χ0v) is 16.5. The fraction of sp³-hybridized carbons (Fsp3) is 0.0500. The van der Waals surface area contributed by atoms with Crippen LogP contribution in [0.1, 0.15) is 22.0 Å². The first kappa shape index (κ1) is 20.1. The number of ether oxygens (including phenoxy) is 1. The Labute approximate surface area is 176 Å². The summed E-state index contributed by atoms with van der Waals surface area (Å²) in [5, 5.41) is 3.37. The largest absolute Gasteiger partial charge is 0.444 e. The Kier molecular flexibility index (Phi) is 6.52. The molecular weight excluding hydrogens is 423 g/mol. The Hall–Kier alpha value is -2.60. The van der Waals surface area contributed by atoms with Gasteiger partial charge in [0, 0.05) is 27.5 Å². The molecule has 8 heteroatoms. The minimum Gasteiger partial charge on any atom is -0.444 e. The van der Waals surface area contributed by atoms with Crippen LogP contribution in [-0.4, -0.2) is 16.9 Å². The maximum atomic E-state index is 12.9. The van der Waals surface area contributed by atoms with Crippen molar-refractivity contribution in [1.29, 1.82) is 0 Å². The van der Waals surface area contributed by atoms with E-state index in [-0.39, 0.29) is 10.7 Å². The van der Waals surface area contributed by atoms with Crippen LogP contribution >= 0.6 is 34.8 Å². The van der Waals surface area contributed by atoms with Gasteiger partial charge in [0.05, 0.1) is 5.56 Å². The van der Waals surface area contributed by atoms with E-state index in [2.05, 4.69) is 10.3 Å². The van der Waals surface area contributed by atoms with Gasteiger partial charge in [-0.15, -0.1) is 0 Å². The van der Waals surface area contributed by atoms with E-state index >= 15 is 0 Å². The van der Waals surface area contributed by atoms with Crippen LogP contribution in [0.15, 0.2) is 66.9 Å². The fourth-order valence-electron chi connectivity index (χ4n) is 2.44. The summed E-state index contributed by atoms with van der Waals surface area (Å²) in [6.45, 7) is 0. The molecule has 1 heterocycles. The molecule has 0 aliphatic carbocycles. The molecule has 1 amide bonds. The molecule has 1 aromatic heterocycles. The van der Waals surface area contributed by atoms with Gasteiger partial charge in [-0.2, -0.15) is 0 Å². The monoisotopic (exact) mass is 434 g/mol. The number of carbonyl (C=O) groups excluding carboxylic acids is 2. The number of nitrogens with one attached hydrogen (secondary N) is 1. The lowest BCUT2D eigenvalue weighted by atomic mass is 10.1. The Bertz CT molecular complexity index is 992. The lowest BCUT2D eigenvalue weighted by Crippen LogP contribution is -2.26. The zero-order valence-electron chi connectivity index (χ0n) is 14.2. The fourth-order valence-corrected chi connectivity index (χ4v) is 3.17. The normalized spacial score (nSPS) is 11.5. The average molecular weight is 436 g/mol. The first-order valence-corrected chi connectivity index (χ1v) is 9.21.